The molecule has 0 unspecified atom stereocenters. The number of Topliss-reactive ketones (excluding diaryl/α,β-unsaturated/α-hetero) is 1. The molecule has 4 nitrogen and oxygen atoms in total. The van der Waals surface area contributed by atoms with Crippen molar-refractivity contribution < 1.29 is 27.1 Å². The van der Waals surface area contributed by atoms with Gasteiger partial charge in [0.05, 0.1) is 5.69 Å². The van der Waals surface area contributed by atoms with Crippen LogP contribution in [0.25, 0.3) is 0 Å². The van der Waals surface area contributed by atoms with E-state index in [2.05, 4.69) is 25.7 Å². The predicted octanol–water partition coefficient (Wildman–Crippen LogP) is 4.47. The van der Waals surface area contributed by atoms with Crippen LogP contribution in [0.15, 0.2) is 34.9 Å². The Bertz CT molecular complexity index is 809. The van der Waals surface area contributed by atoms with Gasteiger partial charge in [-0.3, -0.25) is 4.79 Å². The second-order valence-electron chi connectivity index (χ2n) is 5.42. The molecule has 25 heavy (non-hydrogen) atoms. The van der Waals surface area contributed by atoms with E-state index in [1.807, 2.05) is 0 Å². The molecule has 2 heterocycles. The monoisotopic (exact) mass is 418 g/mol. The summed E-state index contributed by atoms with van der Waals surface area (Å²) in [6.07, 6.45) is -4.52. The molecule has 0 saturated heterocycles. The highest BCUT2D eigenvalue weighted by Crippen LogP contribution is 2.31. The number of ketones is 1. The fourth-order valence-corrected chi connectivity index (χ4v) is 2.85. The zero-order valence-corrected chi connectivity index (χ0v) is 14.2. The SMILES string of the molecule is O=C1CCN(Cc2ccc(OC(F)(F)F)cc2)c2cc(F)c(Br)nc21. The first-order chi connectivity index (χ1) is 11.7. The molecule has 9 heteroatoms. The van der Waals surface area contributed by atoms with E-state index in [9.17, 15) is 22.4 Å². The van der Waals surface area contributed by atoms with Crippen LogP contribution in [-0.4, -0.2) is 23.7 Å². The van der Waals surface area contributed by atoms with E-state index in [-0.39, 0.29) is 28.3 Å². The van der Waals surface area contributed by atoms with Gasteiger partial charge < -0.3 is 9.64 Å². The quantitative estimate of drug-likeness (QED) is 0.544. The lowest BCUT2D eigenvalue weighted by atomic mass is 10.0. The first-order valence-electron chi connectivity index (χ1n) is 7.22. The molecule has 0 bridgehead atoms. The third-order valence-electron chi connectivity index (χ3n) is 3.66. The summed E-state index contributed by atoms with van der Waals surface area (Å²) in [5.74, 6) is -1.09. The van der Waals surface area contributed by atoms with Gasteiger partial charge in [-0.25, -0.2) is 9.37 Å². The number of ether oxygens (including phenoxy) is 1. The average Bonchev–Trinajstić information content (AvgIpc) is 2.52. The lowest BCUT2D eigenvalue weighted by Gasteiger charge is -2.30. The van der Waals surface area contributed by atoms with Crippen molar-refractivity contribution in [3.8, 4) is 5.75 Å². The van der Waals surface area contributed by atoms with E-state index >= 15 is 0 Å². The molecular formula is C16H11BrF4N2O2. The number of alkyl halides is 3. The molecule has 1 aliphatic rings. The minimum Gasteiger partial charge on any atom is -0.406 e. The highest BCUT2D eigenvalue weighted by molar-refractivity contribution is 9.10. The lowest BCUT2D eigenvalue weighted by Crippen LogP contribution is -2.32. The van der Waals surface area contributed by atoms with Crippen LogP contribution in [0.4, 0.5) is 23.2 Å². The minimum absolute atomic E-state index is 0.0323. The van der Waals surface area contributed by atoms with E-state index in [4.69, 9.17) is 0 Å². The molecular weight excluding hydrogens is 408 g/mol. The van der Waals surface area contributed by atoms with E-state index in [0.29, 0.717) is 24.3 Å². The Morgan fingerprint density at radius 3 is 2.56 bits per heavy atom. The second kappa shape index (κ2) is 6.62. The summed E-state index contributed by atoms with van der Waals surface area (Å²) >= 11 is 2.96. The summed E-state index contributed by atoms with van der Waals surface area (Å²) in [7, 11) is 0. The molecule has 0 fully saturated rings. The molecule has 0 N–H and O–H groups in total. The van der Waals surface area contributed by atoms with Crippen LogP contribution in [0.5, 0.6) is 5.75 Å². The summed E-state index contributed by atoms with van der Waals surface area (Å²) in [6.45, 7) is 0.671. The third-order valence-corrected chi connectivity index (χ3v) is 4.21. The number of hydrogen-bond donors (Lipinski definition) is 0. The topological polar surface area (TPSA) is 42.4 Å². The van der Waals surface area contributed by atoms with Gasteiger partial charge in [0.25, 0.3) is 0 Å². The number of fused-ring (bicyclic) bond motifs is 1. The van der Waals surface area contributed by atoms with Gasteiger partial charge in [0.15, 0.2) is 11.6 Å². The van der Waals surface area contributed by atoms with Crippen LogP contribution < -0.4 is 9.64 Å². The number of carbonyl (C=O) groups is 1. The maximum atomic E-state index is 13.8. The Labute approximate surface area is 148 Å². The van der Waals surface area contributed by atoms with Gasteiger partial charge in [-0.1, -0.05) is 12.1 Å². The smallest absolute Gasteiger partial charge is 0.406 e. The molecule has 2 aromatic rings. The van der Waals surface area contributed by atoms with Gasteiger partial charge in [-0.05, 0) is 33.6 Å². The standard InChI is InChI=1S/C16H11BrF4N2O2/c17-15-11(18)7-12-14(22-15)13(24)5-6-23(12)8-9-1-3-10(4-2-9)25-16(19,20)21/h1-4,7H,5-6,8H2. The number of benzene rings is 1. The largest absolute Gasteiger partial charge is 0.573 e. The lowest BCUT2D eigenvalue weighted by molar-refractivity contribution is -0.274. The van der Waals surface area contributed by atoms with Crippen molar-refractivity contribution in [2.24, 2.45) is 0 Å². The van der Waals surface area contributed by atoms with Crippen LogP contribution in [0.2, 0.25) is 0 Å². The van der Waals surface area contributed by atoms with Crippen LogP contribution in [0, 0.1) is 5.82 Å². The maximum absolute atomic E-state index is 13.8. The zero-order chi connectivity index (χ0) is 18.2. The number of rotatable bonds is 3. The molecule has 132 valence electrons. The summed E-state index contributed by atoms with van der Waals surface area (Å²) in [5.41, 5.74) is 1.24. The number of pyridine rings is 1. The molecule has 0 aliphatic carbocycles. The molecule has 1 aromatic heterocycles. The van der Waals surface area contributed by atoms with Gasteiger partial charge in [0.1, 0.15) is 16.0 Å². The number of hydrogen-bond acceptors (Lipinski definition) is 4. The first-order valence-corrected chi connectivity index (χ1v) is 8.01. The van der Waals surface area contributed by atoms with Gasteiger partial charge in [-0.2, -0.15) is 0 Å². The zero-order valence-electron chi connectivity index (χ0n) is 12.6. The normalized spacial score (nSPS) is 14.4. The van der Waals surface area contributed by atoms with Crippen molar-refractivity contribution >= 4 is 27.4 Å². The Kier molecular flexibility index (Phi) is 4.68. The van der Waals surface area contributed by atoms with Crippen molar-refractivity contribution in [2.45, 2.75) is 19.3 Å². The van der Waals surface area contributed by atoms with Crippen LogP contribution in [0.3, 0.4) is 0 Å². The van der Waals surface area contributed by atoms with Crippen molar-refractivity contribution in [2.75, 3.05) is 11.4 Å². The van der Waals surface area contributed by atoms with E-state index in [1.54, 1.807) is 4.90 Å². The van der Waals surface area contributed by atoms with Gasteiger partial charge >= 0.3 is 6.36 Å². The molecule has 0 spiro atoms. The number of nitrogens with zero attached hydrogens (tertiary/aromatic N) is 2. The second-order valence-corrected chi connectivity index (χ2v) is 6.17. The fourth-order valence-electron chi connectivity index (χ4n) is 2.56. The van der Waals surface area contributed by atoms with Crippen LogP contribution in [0.1, 0.15) is 22.5 Å². The van der Waals surface area contributed by atoms with Crippen molar-refractivity contribution in [1.29, 1.82) is 0 Å². The Hall–Kier alpha value is -2.16. The van der Waals surface area contributed by atoms with Gasteiger partial charge in [0, 0.05) is 25.6 Å². The molecule has 1 aliphatic heterocycles. The molecule has 1 aromatic carbocycles. The third kappa shape index (κ3) is 4.09. The minimum atomic E-state index is -4.75. The highest BCUT2D eigenvalue weighted by atomic mass is 79.9. The van der Waals surface area contributed by atoms with E-state index < -0.39 is 12.2 Å². The number of halogens is 5. The highest BCUT2D eigenvalue weighted by Gasteiger charge is 2.31. The molecule has 3 rings (SSSR count). The summed E-state index contributed by atoms with van der Waals surface area (Å²) in [5, 5.41) is 0. The average molecular weight is 419 g/mol. The molecule has 0 radical (unpaired) electrons. The van der Waals surface area contributed by atoms with Crippen LogP contribution >= 0.6 is 15.9 Å². The van der Waals surface area contributed by atoms with E-state index in [0.717, 1.165) is 0 Å². The van der Waals surface area contributed by atoms with Crippen LogP contribution in [-0.2, 0) is 6.54 Å². The van der Waals surface area contributed by atoms with Gasteiger partial charge in [0.2, 0.25) is 0 Å². The maximum Gasteiger partial charge on any atom is 0.573 e. The molecule has 0 saturated carbocycles. The summed E-state index contributed by atoms with van der Waals surface area (Å²) in [6, 6.07) is 6.61. The van der Waals surface area contributed by atoms with Crippen molar-refractivity contribution in [3.63, 3.8) is 0 Å². The fraction of sp³-hybridized carbons (Fsp3) is 0.250. The Morgan fingerprint density at radius 2 is 1.92 bits per heavy atom. The van der Waals surface area contributed by atoms with Gasteiger partial charge in [-0.15, -0.1) is 13.2 Å². The first kappa shape index (κ1) is 17.7. The molecule has 0 amide bonds. The van der Waals surface area contributed by atoms with Crippen molar-refractivity contribution in [1.82, 2.24) is 4.98 Å². The van der Waals surface area contributed by atoms with E-state index in [1.165, 1.54) is 30.3 Å². The molecule has 0 atom stereocenters. The number of aromatic nitrogens is 1. The summed E-state index contributed by atoms with van der Waals surface area (Å²) in [4.78, 5) is 17.7. The summed E-state index contributed by atoms with van der Waals surface area (Å²) < 4.78 is 54.1. The predicted molar refractivity (Wildman–Crippen MR) is 85.0 cm³/mol. The Morgan fingerprint density at radius 1 is 1.24 bits per heavy atom. The number of anilines is 1. The van der Waals surface area contributed by atoms with Crippen molar-refractivity contribution in [3.05, 3.63) is 52.0 Å². The Balaban J connectivity index is 1.81. The number of carbonyl (C=O) groups excluding carboxylic acids is 1.